The molecule has 0 spiro atoms. The third-order valence-corrected chi connectivity index (χ3v) is 4.06. The molecule has 1 aliphatic heterocycles. The van der Waals surface area contributed by atoms with E-state index in [1.807, 2.05) is 7.11 Å². The molecular formula is C15H32N2O. The summed E-state index contributed by atoms with van der Waals surface area (Å²) in [4.78, 5) is 2.60. The van der Waals surface area contributed by atoms with Crippen LogP contribution in [0.15, 0.2) is 0 Å². The lowest BCUT2D eigenvalue weighted by atomic mass is 9.84. The van der Waals surface area contributed by atoms with Crippen molar-refractivity contribution >= 4 is 0 Å². The largest absolute Gasteiger partial charge is 0.380 e. The van der Waals surface area contributed by atoms with Gasteiger partial charge in [0.05, 0.1) is 6.10 Å². The smallest absolute Gasteiger partial charge is 0.0698 e. The molecule has 108 valence electrons. The molecule has 0 saturated carbocycles. The van der Waals surface area contributed by atoms with E-state index in [0.29, 0.717) is 11.5 Å². The van der Waals surface area contributed by atoms with Crippen molar-refractivity contribution in [2.45, 2.75) is 52.6 Å². The quantitative estimate of drug-likeness (QED) is 0.722. The second-order valence-corrected chi connectivity index (χ2v) is 6.08. The first kappa shape index (κ1) is 15.9. The maximum atomic E-state index is 5.52. The second kappa shape index (κ2) is 8.13. The monoisotopic (exact) mass is 256 g/mol. The summed E-state index contributed by atoms with van der Waals surface area (Å²) in [6.45, 7) is 12.7. The molecule has 1 N–H and O–H groups in total. The van der Waals surface area contributed by atoms with Crippen molar-refractivity contribution in [1.29, 1.82) is 0 Å². The molecule has 1 heterocycles. The second-order valence-electron chi connectivity index (χ2n) is 6.08. The molecule has 1 fully saturated rings. The number of hydrogen-bond acceptors (Lipinski definition) is 3. The van der Waals surface area contributed by atoms with Gasteiger partial charge in [0, 0.05) is 26.7 Å². The molecule has 2 unspecified atom stereocenters. The zero-order valence-electron chi connectivity index (χ0n) is 12.8. The van der Waals surface area contributed by atoms with E-state index in [1.165, 1.54) is 38.8 Å². The lowest BCUT2D eigenvalue weighted by Crippen LogP contribution is -2.47. The standard InChI is InChI=1S/C15H32N2O/c1-5-9-15(3,12-16-6-2)13-17-10-7-8-14(11-17)18-4/h14,16H,5-13H2,1-4H3. The van der Waals surface area contributed by atoms with E-state index in [0.717, 1.165) is 19.6 Å². The van der Waals surface area contributed by atoms with Crippen LogP contribution in [0.5, 0.6) is 0 Å². The summed E-state index contributed by atoms with van der Waals surface area (Å²) in [6.07, 6.45) is 5.52. The van der Waals surface area contributed by atoms with Crippen molar-refractivity contribution in [2.24, 2.45) is 5.41 Å². The summed E-state index contributed by atoms with van der Waals surface area (Å²) in [5, 5.41) is 3.53. The normalized spacial score (nSPS) is 25.0. The average molecular weight is 256 g/mol. The summed E-state index contributed by atoms with van der Waals surface area (Å²) in [6, 6.07) is 0. The van der Waals surface area contributed by atoms with Crippen molar-refractivity contribution in [2.75, 3.05) is 39.8 Å². The van der Waals surface area contributed by atoms with Crippen LogP contribution in [0.25, 0.3) is 0 Å². The molecule has 0 radical (unpaired) electrons. The number of ether oxygens (including phenoxy) is 1. The van der Waals surface area contributed by atoms with Crippen LogP contribution in [-0.2, 0) is 4.74 Å². The number of methoxy groups -OCH3 is 1. The van der Waals surface area contributed by atoms with Gasteiger partial charge in [-0.05, 0) is 37.8 Å². The van der Waals surface area contributed by atoms with E-state index in [4.69, 9.17) is 4.74 Å². The Balaban J connectivity index is 2.48. The van der Waals surface area contributed by atoms with Crippen molar-refractivity contribution in [3.63, 3.8) is 0 Å². The van der Waals surface area contributed by atoms with Crippen LogP contribution >= 0.6 is 0 Å². The Bertz CT molecular complexity index is 223. The average Bonchev–Trinajstić information content (AvgIpc) is 2.37. The van der Waals surface area contributed by atoms with Crippen LogP contribution in [0.3, 0.4) is 0 Å². The summed E-state index contributed by atoms with van der Waals surface area (Å²) in [5.41, 5.74) is 0.403. The van der Waals surface area contributed by atoms with Crippen LogP contribution in [0.1, 0.15) is 46.5 Å². The number of hydrogen-bond donors (Lipinski definition) is 1. The number of nitrogens with zero attached hydrogens (tertiary/aromatic N) is 1. The third-order valence-electron chi connectivity index (χ3n) is 4.06. The Hall–Kier alpha value is -0.120. The van der Waals surface area contributed by atoms with Crippen LogP contribution in [0.2, 0.25) is 0 Å². The topological polar surface area (TPSA) is 24.5 Å². The fourth-order valence-corrected chi connectivity index (χ4v) is 3.14. The van der Waals surface area contributed by atoms with Gasteiger partial charge in [-0.2, -0.15) is 0 Å². The Morgan fingerprint density at radius 2 is 2.17 bits per heavy atom. The number of likely N-dealkylation sites (tertiary alicyclic amines) is 1. The van der Waals surface area contributed by atoms with Crippen LogP contribution < -0.4 is 5.32 Å². The lowest BCUT2D eigenvalue weighted by molar-refractivity contribution is 0.0149. The van der Waals surface area contributed by atoms with E-state index in [1.54, 1.807) is 0 Å². The summed E-state index contributed by atoms with van der Waals surface area (Å²) in [5.74, 6) is 0. The summed E-state index contributed by atoms with van der Waals surface area (Å²) in [7, 11) is 1.85. The molecule has 0 bridgehead atoms. The first-order chi connectivity index (χ1) is 8.63. The molecule has 3 heteroatoms. The first-order valence-electron chi connectivity index (χ1n) is 7.59. The molecule has 18 heavy (non-hydrogen) atoms. The minimum absolute atomic E-state index is 0.403. The fraction of sp³-hybridized carbons (Fsp3) is 1.00. The van der Waals surface area contributed by atoms with Crippen molar-refractivity contribution < 1.29 is 4.74 Å². The van der Waals surface area contributed by atoms with Gasteiger partial charge >= 0.3 is 0 Å². The van der Waals surface area contributed by atoms with E-state index in [-0.39, 0.29) is 0 Å². The first-order valence-corrected chi connectivity index (χ1v) is 7.59. The molecule has 3 nitrogen and oxygen atoms in total. The maximum Gasteiger partial charge on any atom is 0.0698 e. The Morgan fingerprint density at radius 3 is 2.78 bits per heavy atom. The predicted octanol–water partition coefficient (Wildman–Crippen LogP) is 2.51. The molecule has 1 saturated heterocycles. The van der Waals surface area contributed by atoms with Crippen LogP contribution in [-0.4, -0.2) is 50.8 Å². The van der Waals surface area contributed by atoms with Crippen molar-refractivity contribution in [3.8, 4) is 0 Å². The fourth-order valence-electron chi connectivity index (χ4n) is 3.14. The van der Waals surface area contributed by atoms with Gasteiger partial charge < -0.3 is 15.0 Å². The van der Waals surface area contributed by atoms with Crippen LogP contribution in [0.4, 0.5) is 0 Å². The highest BCUT2D eigenvalue weighted by molar-refractivity contribution is 4.83. The highest BCUT2D eigenvalue weighted by Gasteiger charge is 2.28. The zero-order chi connectivity index (χ0) is 13.4. The molecule has 1 aliphatic rings. The maximum absolute atomic E-state index is 5.52. The molecular weight excluding hydrogens is 224 g/mol. The summed E-state index contributed by atoms with van der Waals surface area (Å²) >= 11 is 0. The van der Waals surface area contributed by atoms with Gasteiger partial charge in [0.25, 0.3) is 0 Å². The highest BCUT2D eigenvalue weighted by Crippen LogP contribution is 2.26. The number of nitrogens with one attached hydrogen (secondary N) is 1. The molecule has 0 aromatic heterocycles. The van der Waals surface area contributed by atoms with E-state index < -0.39 is 0 Å². The van der Waals surface area contributed by atoms with Gasteiger partial charge in [0.15, 0.2) is 0 Å². The van der Waals surface area contributed by atoms with Gasteiger partial charge in [0.2, 0.25) is 0 Å². The van der Waals surface area contributed by atoms with Crippen molar-refractivity contribution in [3.05, 3.63) is 0 Å². The van der Waals surface area contributed by atoms with Crippen LogP contribution in [0, 0.1) is 5.41 Å². The van der Waals surface area contributed by atoms with Gasteiger partial charge in [0.1, 0.15) is 0 Å². The van der Waals surface area contributed by atoms with Gasteiger partial charge in [-0.15, -0.1) is 0 Å². The minimum atomic E-state index is 0.403. The van der Waals surface area contributed by atoms with Gasteiger partial charge in [-0.3, -0.25) is 0 Å². The number of piperidine rings is 1. The Labute approximate surface area is 113 Å². The van der Waals surface area contributed by atoms with Gasteiger partial charge in [-0.1, -0.05) is 27.2 Å². The van der Waals surface area contributed by atoms with E-state index in [9.17, 15) is 0 Å². The number of rotatable bonds is 8. The zero-order valence-corrected chi connectivity index (χ0v) is 12.8. The molecule has 0 aromatic rings. The molecule has 0 amide bonds. The molecule has 2 atom stereocenters. The lowest BCUT2D eigenvalue weighted by Gasteiger charge is -2.39. The SMILES string of the molecule is CCCC(C)(CNCC)CN1CCCC(OC)C1. The van der Waals surface area contributed by atoms with E-state index >= 15 is 0 Å². The minimum Gasteiger partial charge on any atom is -0.380 e. The third kappa shape index (κ3) is 5.25. The van der Waals surface area contributed by atoms with E-state index in [2.05, 4.69) is 31.0 Å². The van der Waals surface area contributed by atoms with Gasteiger partial charge in [-0.25, -0.2) is 0 Å². The van der Waals surface area contributed by atoms with Crippen molar-refractivity contribution in [1.82, 2.24) is 10.2 Å². The molecule has 0 aromatic carbocycles. The molecule has 1 rings (SSSR count). The Kier molecular flexibility index (Phi) is 7.20. The molecule has 0 aliphatic carbocycles. The predicted molar refractivity (Wildman–Crippen MR) is 78.0 cm³/mol. The highest BCUT2D eigenvalue weighted by atomic mass is 16.5. The Morgan fingerprint density at radius 1 is 1.39 bits per heavy atom. The summed E-state index contributed by atoms with van der Waals surface area (Å²) < 4.78 is 5.52.